The molecule has 0 aliphatic carbocycles. The second-order valence-corrected chi connectivity index (χ2v) is 10.2. The molecule has 0 bridgehead atoms. The molecule has 0 saturated carbocycles. The van der Waals surface area contributed by atoms with E-state index < -0.39 is 97.5 Å². The number of hydrogen-bond donors (Lipinski definition) is 5. The van der Waals surface area contributed by atoms with Gasteiger partial charge in [-0.1, -0.05) is 6.92 Å². The highest BCUT2D eigenvalue weighted by Crippen LogP contribution is 2.46. The molecule has 0 radical (unpaired) electrons. The standard InChI is InChI=1S/C22H34F6O10/c1-5-19(4,17(34)37-9-11-12(29)13(30)14(31)15(32)38-11)10-18(2,3)16(33)36-8-6-7-20(35,21(23,24)25)22(26,27)28/h11-15,29-32,35H,5-10H2,1-4H3/t11-,12-,13+,14-,15-,19?/m1/s1. The van der Waals surface area contributed by atoms with E-state index >= 15 is 0 Å². The third-order valence-electron chi connectivity index (χ3n) is 6.58. The summed E-state index contributed by atoms with van der Waals surface area (Å²) in [7, 11) is 0. The van der Waals surface area contributed by atoms with Crippen molar-refractivity contribution >= 4 is 11.9 Å². The van der Waals surface area contributed by atoms with Crippen LogP contribution in [0, 0.1) is 10.8 Å². The molecule has 0 aromatic rings. The van der Waals surface area contributed by atoms with Crippen LogP contribution in [0.3, 0.4) is 0 Å². The van der Waals surface area contributed by atoms with E-state index in [0.717, 1.165) is 0 Å². The molecule has 10 nitrogen and oxygen atoms in total. The first kappa shape index (κ1) is 34.3. The van der Waals surface area contributed by atoms with Crippen LogP contribution in [0.1, 0.15) is 53.4 Å². The molecule has 1 saturated heterocycles. The maximum absolute atomic E-state index is 12.8. The molecule has 1 aliphatic rings. The average Bonchev–Trinajstić information content (AvgIpc) is 2.79. The monoisotopic (exact) mass is 572 g/mol. The summed E-state index contributed by atoms with van der Waals surface area (Å²) in [6.45, 7) is 4.16. The number of esters is 2. The van der Waals surface area contributed by atoms with Crippen LogP contribution in [0.4, 0.5) is 26.3 Å². The molecular formula is C22H34F6O10. The Balaban J connectivity index is 2.75. The topological polar surface area (TPSA) is 163 Å². The van der Waals surface area contributed by atoms with Gasteiger partial charge in [-0.25, -0.2) is 0 Å². The van der Waals surface area contributed by atoms with E-state index in [1.807, 2.05) is 0 Å². The number of aliphatic hydroxyl groups excluding tert-OH is 4. The minimum absolute atomic E-state index is 0.102. The molecule has 16 heteroatoms. The zero-order valence-corrected chi connectivity index (χ0v) is 21.2. The van der Waals surface area contributed by atoms with Crippen molar-refractivity contribution in [3.63, 3.8) is 0 Å². The van der Waals surface area contributed by atoms with Crippen LogP contribution in [0.5, 0.6) is 0 Å². The Bertz CT molecular complexity index is 803. The maximum Gasteiger partial charge on any atom is 0.426 e. The Labute approximate surface area is 214 Å². The van der Waals surface area contributed by atoms with Gasteiger partial charge in [-0.15, -0.1) is 0 Å². The summed E-state index contributed by atoms with van der Waals surface area (Å²) >= 11 is 0. The lowest BCUT2D eigenvalue weighted by molar-refractivity contribution is -0.370. The van der Waals surface area contributed by atoms with Crippen molar-refractivity contribution in [3.05, 3.63) is 0 Å². The summed E-state index contributed by atoms with van der Waals surface area (Å²) < 4.78 is 91.4. The fraction of sp³-hybridized carbons (Fsp3) is 0.909. The van der Waals surface area contributed by atoms with Crippen LogP contribution < -0.4 is 0 Å². The number of hydrogen-bond acceptors (Lipinski definition) is 10. The number of ether oxygens (including phenoxy) is 3. The molecule has 38 heavy (non-hydrogen) atoms. The normalized spacial score (nSPS) is 27.0. The molecule has 0 amide bonds. The molecule has 1 unspecified atom stereocenters. The lowest BCUT2D eigenvalue weighted by Crippen LogP contribution is -2.58. The van der Waals surface area contributed by atoms with Crippen molar-refractivity contribution in [2.45, 2.75) is 102 Å². The molecule has 0 aromatic carbocycles. The van der Waals surface area contributed by atoms with Crippen molar-refractivity contribution in [2.75, 3.05) is 13.2 Å². The number of alkyl halides is 6. The highest BCUT2D eigenvalue weighted by Gasteiger charge is 2.69. The van der Waals surface area contributed by atoms with Gasteiger partial charge in [0, 0.05) is 0 Å². The van der Waals surface area contributed by atoms with Crippen molar-refractivity contribution in [2.24, 2.45) is 10.8 Å². The summed E-state index contributed by atoms with van der Waals surface area (Å²) in [6, 6.07) is 0. The Morgan fingerprint density at radius 2 is 1.37 bits per heavy atom. The molecule has 1 heterocycles. The van der Waals surface area contributed by atoms with E-state index in [1.54, 1.807) is 6.92 Å². The van der Waals surface area contributed by atoms with Gasteiger partial charge in [0.1, 0.15) is 31.0 Å². The number of rotatable bonds is 11. The third-order valence-corrected chi connectivity index (χ3v) is 6.58. The fourth-order valence-corrected chi connectivity index (χ4v) is 3.92. The molecule has 6 atom stereocenters. The van der Waals surface area contributed by atoms with E-state index in [2.05, 4.69) is 0 Å². The maximum atomic E-state index is 12.8. The first-order chi connectivity index (χ1) is 17.0. The van der Waals surface area contributed by atoms with Gasteiger partial charge in [-0.3, -0.25) is 9.59 Å². The van der Waals surface area contributed by atoms with Crippen molar-refractivity contribution in [1.82, 2.24) is 0 Å². The predicted molar refractivity (Wildman–Crippen MR) is 114 cm³/mol. The summed E-state index contributed by atoms with van der Waals surface area (Å²) in [5.41, 5.74) is -7.80. The summed E-state index contributed by atoms with van der Waals surface area (Å²) in [6.07, 6.45) is -23.4. The van der Waals surface area contributed by atoms with E-state index in [4.69, 9.17) is 19.3 Å². The largest absolute Gasteiger partial charge is 0.465 e. The highest BCUT2D eigenvalue weighted by atomic mass is 19.4. The Morgan fingerprint density at radius 1 is 0.842 bits per heavy atom. The second kappa shape index (κ2) is 12.2. The zero-order valence-electron chi connectivity index (χ0n) is 21.2. The lowest BCUT2D eigenvalue weighted by Gasteiger charge is -2.39. The van der Waals surface area contributed by atoms with Crippen LogP contribution >= 0.6 is 0 Å². The smallest absolute Gasteiger partial charge is 0.426 e. The van der Waals surface area contributed by atoms with Gasteiger partial charge in [-0.2, -0.15) is 26.3 Å². The molecule has 1 rings (SSSR count). The number of aliphatic hydroxyl groups is 5. The minimum Gasteiger partial charge on any atom is -0.465 e. The van der Waals surface area contributed by atoms with E-state index in [-0.39, 0.29) is 12.8 Å². The Hall–Kier alpha value is -1.72. The van der Waals surface area contributed by atoms with Gasteiger partial charge in [0.2, 0.25) is 0 Å². The SMILES string of the molecule is CCC(C)(CC(C)(C)C(=O)OCCCC(O)(C(F)(F)F)C(F)(F)F)C(=O)OC[C@H]1O[C@@H](O)[C@H](O)[C@@H](O)[C@@H]1O. The van der Waals surface area contributed by atoms with Crippen LogP contribution in [-0.4, -0.2) is 99.3 Å². The van der Waals surface area contributed by atoms with Gasteiger partial charge in [0.05, 0.1) is 17.4 Å². The van der Waals surface area contributed by atoms with Crippen LogP contribution in [0.2, 0.25) is 0 Å². The summed E-state index contributed by atoms with van der Waals surface area (Å²) in [4.78, 5) is 25.3. The van der Waals surface area contributed by atoms with E-state index in [1.165, 1.54) is 20.8 Å². The average molecular weight is 572 g/mol. The van der Waals surface area contributed by atoms with Crippen molar-refractivity contribution in [3.8, 4) is 0 Å². The van der Waals surface area contributed by atoms with Gasteiger partial charge in [0.25, 0.3) is 5.60 Å². The minimum atomic E-state index is -5.99. The zero-order chi connectivity index (χ0) is 29.9. The second-order valence-electron chi connectivity index (χ2n) is 10.2. The van der Waals surface area contributed by atoms with E-state index in [0.29, 0.717) is 0 Å². The molecule has 0 aromatic heterocycles. The first-order valence-electron chi connectivity index (χ1n) is 11.6. The Morgan fingerprint density at radius 3 is 1.84 bits per heavy atom. The lowest BCUT2D eigenvalue weighted by atomic mass is 9.72. The first-order valence-corrected chi connectivity index (χ1v) is 11.6. The van der Waals surface area contributed by atoms with Crippen LogP contribution in [0.25, 0.3) is 0 Å². The number of carbonyl (C=O) groups is 2. The van der Waals surface area contributed by atoms with Gasteiger partial charge < -0.3 is 39.7 Å². The third kappa shape index (κ3) is 7.69. The van der Waals surface area contributed by atoms with Crippen molar-refractivity contribution in [1.29, 1.82) is 0 Å². The van der Waals surface area contributed by atoms with E-state index in [9.17, 15) is 56.4 Å². The predicted octanol–water partition coefficient (Wildman–Crippen LogP) is 1.34. The summed E-state index contributed by atoms with van der Waals surface area (Å²) in [5.74, 6) is -1.91. The molecule has 1 aliphatic heterocycles. The van der Waals surface area contributed by atoms with Gasteiger partial charge >= 0.3 is 24.3 Å². The van der Waals surface area contributed by atoms with Crippen molar-refractivity contribution < 1.29 is 75.7 Å². The van der Waals surface area contributed by atoms with Gasteiger partial charge in [0.15, 0.2) is 6.29 Å². The fourth-order valence-electron chi connectivity index (χ4n) is 3.92. The molecule has 224 valence electrons. The molecule has 1 fully saturated rings. The number of halogens is 6. The van der Waals surface area contributed by atoms with Crippen LogP contribution in [-0.2, 0) is 23.8 Å². The van der Waals surface area contributed by atoms with Gasteiger partial charge in [-0.05, 0) is 46.5 Å². The van der Waals surface area contributed by atoms with Crippen LogP contribution in [0.15, 0.2) is 0 Å². The summed E-state index contributed by atoms with van der Waals surface area (Å²) in [5, 5.41) is 47.9. The quantitative estimate of drug-likeness (QED) is 0.139. The molecular weight excluding hydrogens is 538 g/mol. The molecule has 0 spiro atoms. The highest BCUT2D eigenvalue weighted by molar-refractivity contribution is 5.80. The molecule has 5 N–H and O–H groups in total. The number of carbonyl (C=O) groups excluding carboxylic acids is 2. The Kier molecular flexibility index (Phi) is 11.0.